The number of alkyl halides is 2. The van der Waals surface area contributed by atoms with Crippen molar-refractivity contribution < 1.29 is 28.4 Å². The molecule has 3 unspecified atom stereocenters. The highest BCUT2D eigenvalue weighted by Gasteiger charge is 2.66. The van der Waals surface area contributed by atoms with Gasteiger partial charge in [0.2, 0.25) is 0 Å². The number of hydrogen-bond acceptors (Lipinski definition) is 5. The number of rotatable bonds is 7. The number of carbonyl (C=O) groups is 3. The number of ether oxygens (including phenoxy) is 1. The zero-order valence-electron chi connectivity index (χ0n) is 17.1. The summed E-state index contributed by atoms with van der Waals surface area (Å²) >= 11 is 6.95. The summed E-state index contributed by atoms with van der Waals surface area (Å²) in [7, 11) is -4.01. The van der Waals surface area contributed by atoms with E-state index in [1.54, 1.807) is 24.3 Å². The fourth-order valence-corrected chi connectivity index (χ4v) is 11.5. The lowest BCUT2D eigenvalue weighted by Crippen LogP contribution is -2.77. The first-order valence-corrected chi connectivity index (χ1v) is 16.0. The van der Waals surface area contributed by atoms with Gasteiger partial charge in [0.05, 0.1) is 18.9 Å². The maximum atomic E-state index is 13.7. The molecular formula is C19H22Br2N2O6SSi. The average molecular weight is 594 g/mol. The molecule has 1 saturated heterocycles. The predicted molar refractivity (Wildman–Crippen MR) is 126 cm³/mol. The molecule has 4 atom stereocenters. The molecule has 8 nitrogen and oxygen atoms in total. The lowest BCUT2D eigenvalue weighted by Gasteiger charge is -2.55. The number of nitrogens with zero attached hydrogens (tertiary/aromatic N) is 1. The molecule has 2 heterocycles. The van der Waals surface area contributed by atoms with Crippen molar-refractivity contribution in [2.45, 2.75) is 34.3 Å². The van der Waals surface area contributed by atoms with Gasteiger partial charge in [-0.2, -0.15) is 0 Å². The van der Waals surface area contributed by atoms with Gasteiger partial charge in [0, 0.05) is 5.33 Å². The smallest absolute Gasteiger partial charge is 0.352 e. The van der Waals surface area contributed by atoms with E-state index in [0.717, 1.165) is 4.90 Å². The molecule has 2 amide bonds. The van der Waals surface area contributed by atoms with Gasteiger partial charge in [0.1, 0.15) is 26.1 Å². The van der Waals surface area contributed by atoms with Crippen LogP contribution in [0.1, 0.15) is 0 Å². The first-order chi connectivity index (χ1) is 14.4. The zero-order chi connectivity index (χ0) is 23.1. The number of hydrogen-bond donors (Lipinski definition) is 2. The largest absolute Gasteiger partial charge is 0.484 e. The van der Waals surface area contributed by atoms with E-state index in [1.807, 2.05) is 25.7 Å². The highest BCUT2D eigenvalue weighted by Crippen LogP contribution is 2.51. The maximum Gasteiger partial charge on any atom is 0.352 e. The number of benzene rings is 1. The minimum Gasteiger partial charge on any atom is -0.484 e. The predicted octanol–water partition coefficient (Wildman–Crippen LogP) is 2.18. The van der Waals surface area contributed by atoms with Crippen LogP contribution in [0.25, 0.3) is 0 Å². The van der Waals surface area contributed by atoms with E-state index in [9.17, 15) is 23.7 Å². The Bertz CT molecular complexity index is 983. The first-order valence-electron chi connectivity index (χ1n) is 9.38. The second-order valence-corrected chi connectivity index (χ2v) is 18.5. The third-order valence-electron chi connectivity index (χ3n) is 5.19. The minimum absolute atomic E-state index is 0.147. The summed E-state index contributed by atoms with van der Waals surface area (Å²) in [5, 5.41) is 11.6. The van der Waals surface area contributed by atoms with Crippen molar-refractivity contribution in [1.29, 1.82) is 0 Å². The van der Waals surface area contributed by atoms with Crippen molar-refractivity contribution in [1.82, 2.24) is 10.2 Å². The molecular weight excluding hydrogens is 572 g/mol. The molecule has 0 bridgehead atoms. The summed E-state index contributed by atoms with van der Waals surface area (Å²) < 4.78 is 18.0. The number of nitrogens with one attached hydrogen (secondary N) is 1. The molecule has 2 N–H and O–H groups in total. The van der Waals surface area contributed by atoms with E-state index in [1.165, 1.54) is 0 Å². The van der Waals surface area contributed by atoms with Crippen LogP contribution in [0.5, 0.6) is 5.75 Å². The van der Waals surface area contributed by atoms with Crippen LogP contribution in [0.3, 0.4) is 0 Å². The van der Waals surface area contributed by atoms with Gasteiger partial charge in [-0.15, -0.1) is 0 Å². The van der Waals surface area contributed by atoms with Crippen LogP contribution in [-0.2, 0) is 25.2 Å². The Labute approximate surface area is 200 Å². The highest BCUT2D eigenvalue weighted by molar-refractivity contribution is 9.12. The number of halogens is 2. The number of carboxylic acid groups (broad SMARTS) is 1. The number of amides is 2. The Balaban J connectivity index is 1.88. The van der Waals surface area contributed by atoms with Crippen LogP contribution in [0, 0.1) is 0 Å². The lowest BCUT2D eigenvalue weighted by atomic mass is 10.0. The third-order valence-corrected chi connectivity index (χ3v) is 17.1. The van der Waals surface area contributed by atoms with Crippen molar-refractivity contribution in [3.8, 4) is 5.75 Å². The molecule has 31 heavy (non-hydrogen) atoms. The monoisotopic (exact) mass is 592 g/mol. The van der Waals surface area contributed by atoms with Crippen LogP contribution in [0.15, 0.2) is 41.6 Å². The van der Waals surface area contributed by atoms with E-state index >= 15 is 0 Å². The number of carboxylic acids is 1. The SMILES string of the molecule is C[Si](C)(C)C1(Br)C(CBr)=C(C(=O)O)N2C(=O)C(NC(=O)COc3ccccc3)[C@H]2S1=O. The van der Waals surface area contributed by atoms with E-state index in [-0.39, 0.29) is 17.6 Å². The van der Waals surface area contributed by atoms with Gasteiger partial charge in [-0.1, -0.05) is 69.7 Å². The molecule has 0 saturated carbocycles. The van der Waals surface area contributed by atoms with Crippen molar-refractivity contribution in [2.75, 3.05) is 11.9 Å². The van der Waals surface area contributed by atoms with Crippen LogP contribution < -0.4 is 10.1 Å². The van der Waals surface area contributed by atoms with Crippen LogP contribution in [-0.4, -0.2) is 66.7 Å². The third kappa shape index (κ3) is 4.03. The molecule has 1 aromatic carbocycles. The van der Waals surface area contributed by atoms with E-state index in [4.69, 9.17) is 4.74 Å². The second-order valence-electron chi connectivity index (χ2n) is 8.15. The average Bonchev–Trinajstić information content (AvgIpc) is 2.71. The van der Waals surface area contributed by atoms with Gasteiger partial charge in [-0.3, -0.25) is 18.7 Å². The summed E-state index contributed by atoms with van der Waals surface area (Å²) in [5.74, 6) is -1.94. The molecule has 2 aliphatic heterocycles. The standard InChI is InChI=1S/C19H22Br2N2O6SSi/c1-31(2,3)19(21)12(9-20)15(18(26)27)23-16(25)14(17(23)30(19)28)22-13(24)10-29-11-7-5-4-6-8-11/h4-8,14,17H,9-10H2,1-3H3,(H,22,24)(H,26,27)/t14?,17-,19?,30?/m1/s1. The molecule has 12 heteroatoms. The van der Waals surface area contributed by atoms with Crippen molar-refractivity contribution in [3.63, 3.8) is 0 Å². The minimum atomic E-state index is -2.31. The Hall–Kier alpha value is -1.50. The van der Waals surface area contributed by atoms with E-state index in [2.05, 4.69) is 37.2 Å². The fourth-order valence-electron chi connectivity index (χ4n) is 3.66. The lowest BCUT2D eigenvalue weighted by molar-refractivity contribution is -0.151. The second kappa shape index (κ2) is 8.79. The van der Waals surface area contributed by atoms with Crippen LogP contribution in [0.4, 0.5) is 0 Å². The van der Waals surface area contributed by atoms with Gasteiger partial charge < -0.3 is 15.2 Å². The summed E-state index contributed by atoms with van der Waals surface area (Å²) in [5.41, 5.74) is 0.191. The first kappa shape index (κ1) is 24.1. The summed E-state index contributed by atoms with van der Waals surface area (Å²) in [4.78, 5) is 38.3. The van der Waals surface area contributed by atoms with Crippen molar-refractivity contribution in [2.24, 2.45) is 0 Å². The van der Waals surface area contributed by atoms with Crippen molar-refractivity contribution >= 4 is 68.5 Å². The fraction of sp³-hybridized carbons (Fsp3) is 0.421. The Morgan fingerprint density at radius 3 is 2.42 bits per heavy atom. The molecule has 0 aromatic heterocycles. The number of aliphatic carboxylic acids is 1. The molecule has 1 aromatic rings. The quantitative estimate of drug-likeness (QED) is 0.285. The summed E-state index contributed by atoms with van der Waals surface area (Å²) in [6, 6.07) is 7.63. The number of para-hydroxylation sites is 1. The van der Waals surface area contributed by atoms with Gasteiger partial charge >= 0.3 is 5.97 Å². The van der Waals surface area contributed by atoms with Gasteiger partial charge in [0.15, 0.2) is 6.61 Å². The molecule has 168 valence electrons. The van der Waals surface area contributed by atoms with Gasteiger partial charge in [0.25, 0.3) is 11.8 Å². The molecule has 3 rings (SSSR count). The molecule has 0 radical (unpaired) electrons. The normalized spacial score (nSPS) is 28.0. The summed E-state index contributed by atoms with van der Waals surface area (Å²) in [6.07, 6.45) is 0. The molecule has 1 fully saturated rings. The van der Waals surface area contributed by atoms with Gasteiger partial charge in [-0.05, 0) is 17.7 Å². The molecule has 2 aliphatic rings. The van der Waals surface area contributed by atoms with Crippen LogP contribution in [0.2, 0.25) is 19.6 Å². The number of β-lactam (4-membered cyclic amide) rings is 1. The number of carbonyl (C=O) groups excluding carboxylic acids is 2. The van der Waals surface area contributed by atoms with Crippen LogP contribution >= 0.6 is 31.9 Å². The highest BCUT2D eigenvalue weighted by atomic mass is 79.9. The maximum absolute atomic E-state index is 13.7. The Morgan fingerprint density at radius 1 is 1.29 bits per heavy atom. The Morgan fingerprint density at radius 2 is 1.90 bits per heavy atom. The molecule has 0 spiro atoms. The topological polar surface area (TPSA) is 113 Å². The zero-order valence-corrected chi connectivity index (χ0v) is 22.0. The van der Waals surface area contributed by atoms with E-state index < -0.39 is 51.4 Å². The number of fused-ring (bicyclic) bond motifs is 1. The molecule has 0 aliphatic carbocycles. The van der Waals surface area contributed by atoms with Crippen molar-refractivity contribution in [3.05, 3.63) is 41.6 Å². The summed E-state index contributed by atoms with van der Waals surface area (Å²) in [6.45, 7) is 5.59. The Kier molecular flexibility index (Phi) is 6.85. The van der Waals surface area contributed by atoms with Gasteiger partial charge in [-0.25, -0.2) is 4.79 Å². The van der Waals surface area contributed by atoms with E-state index in [0.29, 0.717) is 11.3 Å².